The molecule has 0 heterocycles. The zero-order chi connectivity index (χ0) is 13.5. The van der Waals surface area contributed by atoms with E-state index in [-0.39, 0.29) is 19.5 Å². The maximum Gasteiger partial charge on any atom is 0.491 e. The fourth-order valence-electron chi connectivity index (χ4n) is 0.728. The van der Waals surface area contributed by atoms with E-state index in [4.69, 9.17) is 5.73 Å². The molecule has 0 aliphatic rings. The van der Waals surface area contributed by atoms with E-state index in [1.165, 1.54) is 0 Å². The van der Waals surface area contributed by atoms with Gasteiger partial charge in [0.15, 0.2) is 0 Å². The van der Waals surface area contributed by atoms with Crippen molar-refractivity contribution in [2.24, 2.45) is 5.73 Å². The molecule has 1 amide bonds. The van der Waals surface area contributed by atoms with Crippen LogP contribution in [0, 0.1) is 0 Å². The number of halogens is 3. The lowest BCUT2D eigenvalue weighted by Gasteiger charge is -2.05. The van der Waals surface area contributed by atoms with Crippen LogP contribution >= 0.6 is 0 Å². The van der Waals surface area contributed by atoms with Crippen LogP contribution in [0.15, 0.2) is 0 Å². The molecule has 0 radical (unpaired) electrons. The van der Waals surface area contributed by atoms with Crippen molar-refractivity contribution in [2.75, 3.05) is 13.1 Å². The first-order chi connectivity index (χ1) is 7.77. The van der Waals surface area contributed by atoms with Gasteiger partial charge in [0.1, 0.15) is 0 Å². The van der Waals surface area contributed by atoms with Crippen molar-refractivity contribution in [1.82, 2.24) is 5.32 Å². The number of hydrogen-bond donors (Lipinski definition) is 2. The normalized spacial score (nSPS) is 10.8. The number of amides is 1. The van der Waals surface area contributed by atoms with Gasteiger partial charge in [0.05, 0.1) is 6.42 Å². The number of nitrogens with two attached hydrogens (primary N) is 1. The van der Waals surface area contributed by atoms with Gasteiger partial charge in [0.2, 0.25) is 5.91 Å². The lowest BCUT2D eigenvalue weighted by Crippen LogP contribution is -2.31. The molecule has 0 rings (SSSR count). The molecule has 0 saturated carbocycles. The Morgan fingerprint density at radius 1 is 1.18 bits per heavy atom. The van der Waals surface area contributed by atoms with E-state index in [9.17, 15) is 27.6 Å². The summed E-state index contributed by atoms with van der Waals surface area (Å²) in [6.45, 7) is 0.387. The van der Waals surface area contributed by atoms with Crippen molar-refractivity contribution < 1.29 is 32.3 Å². The molecule has 9 heteroatoms. The molecule has 0 aliphatic carbocycles. The topological polar surface area (TPSA) is 98.5 Å². The van der Waals surface area contributed by atoms with Gasteiger partial charge in [-0.05, 0) is 0 Å². The lowest BCUT2D eigenvalue weighted by molar-refractivity contribution is -0.201. The summed E-state index contributed by atoms with van der Waals surface area (Å²) in [6, 6.07) is 0. The fraction of sp³-hybridized carbons (Fsp3) is 0.625. The number of alkyl halides is 3. The monoisotopic (exact) mass is 256 g/mol. The number of ether oxygens (including phenoxy) is 1. The summed E-state index contributed by atoms with van der Waals surface area (Å²) < 4.78 is 38.4. The first-order valence-electron chi connectivity index (χ1n) is 4.56. The van der Waals surface area contributed by atoms with Gasteiger partial charge < -0.3 is 15.8 Å². The molecule has 3 N–H and O–H groups in total. The molecule has 98 valence electrons. The van der Waals surface area contributed by atoms with Crippen molar-refractivity contribution in [1.29, 1.82) is 0 Å². The molecule has 0 unspecified atom stereocenters. The summed E-state index contributed by atoms with van der Waals surface area (Å²) in [7, 11) is 0. The highest BCUT2D eigenvalue weighted by Gasteiger charge is 2.42. The van der Waals surface area contributed by atoms with Gasteiger partial charge in [-0.15, -0.1) is 0 Å². The van der Waals surface area contributed by atoms with Crippen LogP contribution in [0.2, 0.25) is 0 Å². The van der Waals surface area contributed by atoms with Crippen LogP contribution in [0.25, 0.3) is 0 Å². The highest BCUT2D eigenvalue weighted by molar-refractivity contribution is 5.90. The molecule has 0 spiro atoms. The Morgan fingerprint density at radius 2 is 1.76 bits per heavy atom. The molecule has 0 aromatic rings. The van der Waals surface area contributed by atoms with Crippen LogP contribution < -0.4 is 11.1 Å². The molecule has 17 heavy (non-hydrogen) atoms. The fourth-order valence-corrected chi connectivity index (χ4v) is 0.728. The first kappa shape index (κ1) is 15.4. The Morgan fingerprint density at radius 3 is 2.24 bits per heavy atom. The molecular weight excluding hydrogens is 245 g/mol. The van der Waals surface area contributed by atoms with Crippen LogP contribution in [-0.4, -0.2) is 37.1 Å². The van der Waals surface area contributed by atoms with Crippen molar-refractivity contribution in [2.45, 2.75) is 19.0 Å². The summed E-state index contributed by atoms with van der Waals surface area (Å²) in [5.41, 5.74) is 5.07. The molecule has 0 atom stereocenters. The van der Waals surface area contributed by atoms with Gasteiger partial charge in [-0.25, -0.2) is 4.79 Å². The Kier molecular flexibility index (Phi) is 6.18. The van der Waals surface area contributed by atoms with Crippen LogP contribution in [0.5, 0.6) is 0 Å². The third-order valence-corrected chi connectivity index (χ3v) is 1.46. The largest absolute Gasteiger partial charge is 0.491 e. The van der Waals surface area contributed by atoms with Gasteiger partial charge in [0, 0.05) is 19.5 Å². The molecule has 6 nitrogen and oxygen atoms in total. The van der Waals surface area contributed by atoms with Crippen LogP contribution in [-0.2, 0) is 19.1 Å². The van der Waals surface area contributed by atoms with E-state index in [2.05, 4.69) is 10.1 Å². The number of nitrogens with one attached hydrogen (secondary N) is 1. The quantitative estimate of drug-likeness (QED) is 0.509. The van der Waals surface area contributed by atoms with Crippen molar-refractivity contribution in [3.63, 3.8) is 0 Å². The Balaban J connectivity index is 3.88. The van der Waals surface area contributed by atoms with Crippen LogP contribution in [0.1, 0.15) is 12.8 Å². The van der Waals surface area contributed by atoms with Crippen molar-refractivity contribution in [3.05, 3.63) is 0 Å². The van der Waals surface area contributed by atoms with E-state index >= 15 is 0 Å². The smallest absolute Gasteiger partial charge is 0.386 e. The highest BCUT2D eigenvalue weighted by Crippen LogP contribution is 2.16. The van der Waals surface area contributed by atoms with Gasteiger partial charge in [-0.1, -0.05) is 0 Å². The first-order valence-corrected chi connectivity index (χ1v) is 4.56. The number of carbonyl (C=O) groups excluding carboxylic acids is 3. The second-order valence-electron chi connectivity index (χ2n) is 2.90. The molecule has 0 aromatic carbocycles. The summed E-state index contributed by atoms with van der Waals surface area (Å²) in [5.74, 6) is -4.56. The highest BCUT2D eigenvalue weighted by atomic mass is 19.4. The lowest BCUT2D eigenvalue weighted by atomic mass is 10.3. The minimum atomic E-state index is -5.22. The number of esters is 2. The average Bonchev–Trinajstić information content (AvgIpc) is 2.22. The average molecular weight is 256 g/mol. The van der Waals surface area contributed by atoms with Gasteiger partial charge >= 0.3 is 18.1 Å². The number of hydrogen-bond acceptors (Lipinski definition) is 5. The minimum Gasteiger partial charge on any atom is -0.386 e. The zero-order valence-corrected chi connectivity index (χ0v) is 8.67. The summed E-state index contributed by atoms with van der Waals surface area (Å²) in [5, 5.41) is 2.29. The molecule has 0 saturated heterocycles. The Labute approximate surface area is 94.3 Å². The van der Waals surface area contributed by atoms with Crippen LogP contribution in [0.4, 0.5) is 13.2 Å². The van der Waals surface area contributed by atoms with Crippen molar-refractivity contribution >= 4 is 17.8 Å². The Bertz CT molecular complexity index is 304. The minimum absolute atomic E-state index is 0.190. The molecule has 0 fully saturated rings. The molecule has 0 aromatic heterocycles. The van der Waals surface area contributed by atoms with Crippen LogP contribution in [0.3, 0.4) is 0 Å². The summed E-state index contributed by atoms with van der Waals surface area (Å²) >= 11 is 0. The Hall–Kier alpha value is -1.64. The molecular formula is C8H11F3N2O4. The van der Waals surface area contributed by atoms with Crippen molar-refractivity contribution in [3.8, 4) is 0 Å². The SMILES string of the molecule is NCCNC(=O)CCC(=O)OC(=O)C(F)(F)F. The van der Waals surface area contributed by atoms with E-state index in [1.807, 2.05) is 0 Å². The third-order valence-electron chi connectivity index (χ3n) is 1.46. The van der Waals surface area contributed by atoms with E-state index < -0.39 is 30.4 Å². The summed E-state index contributed by atoms with van der Waals surface area (Å²) in [4.78, 5) is 31.8. The third kappa shape index (κ3) is 7.28. The standard InChI is InChI=1S/C8H11F3N2O4/c9-8(10,11)7(16)17-6(15)2-1-5(14)13-4-3-12/h1-4,12H2,(H,13,14). The number of rotatable bonds is 5. The predicted molar refractivity (Wildman–Crippen MR) is 48.5 cm³/mol. The second kappa shape index (κ2) is 6.84. The molecule has 0 bridgehead atoms. The maximum absolute atomic E-state index is 11.7. The maximum atomic E-state index is 11.7. The van der Waals surface area contributed by atoms with E-state index in [0.29, 0.717) is 0 Å². The van der Waals surface area contributed by atoms with Gasteiger partial charge in [-0.2, -0.15) is 13.2 Å². The van der Waals surface area contributed by atoms with E-state index in [1.54, 1.807) is 0 Å². The summed E-state index contributed by atoms with van der Waals surface area (Å²) in [6.07, 6.45) is -6.21. The second-order valence-corrected chi connectivity index (χ2v) is 2.90. The zero-order valence-electron chi connectivity index (χ0n) is 8.67. The van der Waals surface area contributed by atoms with Gasteiger partial charge in [-0.3, -0.25) is 9.59 Å². The predicted octanol–water partition coefficient (Wildman–Crippen LogP) is -0.526. The number of carbonyl (C=O) groups is 3. The van der Waals surface area contributed by atoms with Gasteiger partial charge in [0.25, 0.3) is 0 Å². The van der Waals surface area contributed by atoms with E-state index in [0.717, 1.165) is 0 Å². The molecule has 0 aliphatic heterocycles.